The fourth-order valence-corrected chi connectivity index (χ4v) is 4.54. The molecule has 0 saturated carbocycles. The van der Waals surface area contributed by atoms with Crippen molar-refractivity contribution in [2.45, 2.75) is 38.8 Å². The smallest absolute Gasteiger partial charge is 0.357 e. The Balaban J connectivity index is 1.68. The van der Waals surface area contributed by atoms with Crippen molar-refractivity contribution in [3.05, 3.63) is 34.3 Å². The number of nitrogens with zero attached hydrogens (tertiary/aromatic N) is 1. The van der Waals surface area contributed by atoms with E-state index in [1.54, 1.807) is 14.2 Å². The van der Waals surface area contributed by atoms with Crippen LogP contribution in [-0.2, 0) is 16.0 Å². The van der Waals surface area contributed by atoms with E-state index >= 15 is 0 Å². The molecular weight excluding hydrogens is 420 g/mol. The molecule has 1 aliphatic rings. The van der Waals surface area contributed by atoms with E-state index in [1.165, 1.54) is 18.4 Å². The molecule has 2 atom stereocenters. The van der Waals surface area contributed by atoms with Crippen molar-refractivity contribution in [3.8, 4) is 11.5 Å². The van der Waals surface area contributed by atoms with Crippen molar-refractivity contribution in [2.75, 3.05) is 26.6 Å². The summed E-state index contributed by atoms with van der Waals surface area (Å²) in [5, 5.41) is 3.21. The number of rotatable bonds is 8. The van der Waals surface area contributed by atoms with Crippen molar-refractivity contribution >= 4 is 28.3 Å². The summed E-state index contributed by atoms with van der Waals surface area (Å²) in [6.07, 6.45) is 1.22. The van der Waals surface area contributed by atoms with Crippen LogP contribution in [0.4, 0.5) is 5.13 Å². The second-order valence-corrected chi connectivity index (χ2v) is 8.70. The number of benzene rings is 1. The van der Waals surface area contributed by atoms with Crippen molar-refractivity contribution in [3.63, 3.8) is 0 Å². The van der Waals surface area contributed by atoms with Gasteiger partial charge >= 0.3 is 5.97 Å². The average Bonchev–Trinajstić information content (AvgIpc) is 3.39. The maximum absolute atomic E-state index is 12.8. The Kier molecular flexibility index (Phi) is 7.47. The highest BCUT2D eigenvalue weighted by molar-refractivity contribution is 7.16. The summed E-state index contributed by atoms with van der Waals surface area (Å²) in [4.78, 5) is 29.9. The number of methoxy groups -OCH3 is 3. The van der Waals surface area contributed by atoms with Crippen molar-refractivity contribution < 1.29 is 23.8 Å². The minimum Gasteiger partial charge on any atom is -0.493 e. The van der Waals surface area contributed by atoms with Crippen LogP contribution in [0.25, 0.3) is 0 Å². The van der Waals surface area contributed by atoms with Crippen LogP contribution in [0.5, 0.6) is 11.5 Å². The van der Waals surface area contributed by atoms with Gasteiger partial charge in [-0.2, -0.15) is 0 Å². The van der Waals surface area contributed by atoms with Gasteiger partial charge in [0.1, 0.15) is 6.04 Å². The maximum Gasteiger partial charge on any atom is 0.357 e. The zero-order chi connectivity index (χ0) is 22.5. The summed E-state index contributed by atoms with van der Waals surface area (Å²) in [5.41, 5.74) is 7.42. The molecule has 3 rings (SSSR count). The lowest BCUT2D eigenvalue weighted by atomic mass is 10.0. The molecule has 0 bridgehead atoms. The molecule has 10 heteroatoms. The molecule has 1 saturated heterocycles. The van der Waals surface area contributed by atoms with Gasteiger partial charge in [0, 0.05) is 10.9 Å². The molecule has 2 unspecified atom stereocenters. The van der Waals surface area contributed by atoms with E-state index in [0.717, 1.165) is 10.4 Å². The van der Waals surface area contributed by atoms with Gasteiger partial charge in [-0.05, 0) is 36.5 Å². The van der Waals surface area contributed by atoms with Crippen molar-refractivity contribution in [1.29, 1.82) is 0 Å². The van der Waals surface area contributed by atoms with Crippen molar-refractivity contribution in [1.82, 2.24) is 15.8 Å². The number of hydrazine groups is 1. The normalized spacial score (nSPS) is 18.1. The number of hydrogen-bond acceptors (Lipinski definition) is 9. The molecule has 2 aromatic rings. The van der Waals surface area contributed by atoms with Gasteiger partial charge in [0.05, 0.1) is 21.3 Å². The van der Waals surface area contributed by atoms with E-state index in [1.807, 2.05) is 18.2 Å². The lowest BCUT2D eigenvalue weighted by Crippen LogP contribution is -2.39. The van der Waals surface area contributed by atoms with Crippen LogP contribution < -0.4 is 25.6 Å². The van der Waals surface area contributed by atoms with Gasteiger partial charge in [-0.25, -0.2) is 20.6 Å². The first-order valence-corrected chi connectivity index (χ1v) is 10.8. The Bertz CT molecular complexity index is 946. The molecule has 1 amide bonds. The molecule has 1 aromatic heterocycles. The molecule has 168 valence electrons. The fourth-order valence-electron chi connectivity index (χ4n) is 3.38. The third-order valence-electron chi connectivity index (χ3n) is 4.93. The first-order chi connectivity index (χ1) is 14.9. The van der Waals surface area contributed by atoms with Gasteiger partial charge in [0.25, 0.3) is 0 Å². The Morgan fingerprint density at radius 1 is 1.19 bits per heavy atom. The summed E-state index contributed by atoms with van der Waals surface area (Å²) in [5.74, 6) is 0.896. The lowest BCUT2D eigenvalue weighted by molar-refractivity contribution is -0.117. The van der Waals surface area contributed by atoms with Gasteiger partial charge in [-0.3, -0.25) is 4.79 Å². The largest absolute Gasteiger partial charge is 0.493 e. The Labute approximate surface area is 185 Å². The van der Waals surface area contributed by atoms with Gasteiger partial charge in [-0.15, -0.1) is 11.3 Å². The molecule has 9 nitrogen and oxygen atoms in total. The minimum atomic E-state index is -0.499. The summed E-state index contributed by atoms with van der Waals surface area (Å²) in [7, 11) is 4.49. The molecular formula is C21H28N4O5S. The van der Waals surface area contributed by atoms with Crippen molar-refractivity contribution in [2.24, 2.45) is 5.92 Å². The van der Waals surface area contributed by atoms with E-state index in [9.17, 15) is 9.59 Å². The van der Waals surface area contributed by atoms with Gasteiger partial charge in [-0.1, -0.05) is 19.9 Å². The Morgan fingerprint density at radius 2 is 1.94 bits per heavy atom. The maximum atomic E-state index is 12.8. The number of nitrogens with one attached hydrogen (secondary N) is 3. The number of carbonyl (C=O) groups excluding carboxylic acids is 2. The monoisotopic (exact) mass is 448 g/mol. The number of aromatic nitrogens is 1. The molecule has 31 heavy (non-hydrogen) atoms. The molecule has 0 spiro atoms. The summed E-state index contributed by atoms with van der Waals surface area (Å²) in [6.45, 7) is 4.11. The number of anilines is 1. The van der Waals surface area contributed by atoms with E-state index in [-0.39, 0.29) is 17.6 Å². The molecule has 1 fully saturated rings. The van der Waals surface area contributed by atoms with Crippen LogP contribution in [0.1, 0.15) is 47.2 Å². The summed E-state index contributed by atoms with van der Waals surface area (Å²) >= 11 is 1.30. The number of esters is 1. The second kappa shape index (κ2) is 10.1. The minimum absolute atomic E-state index is 0.0750. The SMILES string of the molecule is COC(=O)c1nc(NC(=O)C2CC(c3ccc(OC)c(OC)c3)NN2)sc1CC(C)C. The Hall–Kier alpha value is -2.69. The highest BCUT2D eigenvalue weighted by atomic mass is 32.1. The number of hydrogen-bond donors (Lipinski definition) is 3. The lowest BCUT2D eigenvalue weighted by Gasteiger charge is -2.13. The van der Waals surface area contributed by atoms with E-state index < -0.39 is 12.0 Å². The molecule has 2 heterocycles. The Morgan fingerprint density at radius 3 is 2.58 bits per heavy atom. The molecule has 0 radical (unpaired) electrons. The zero-order valence-electron chi connectivity index (χ0n) is 18.3. The molecule has 1 aromatic carbocycles. The van der Waals surface area contributed by atoms with Crippen LogP contribution in [0.3, 0.4) is 0 Å². The van der Waals surface area contributed by atoms with E-state index in [0.29, 0.717) is 35.4 Å². The highest BCUT2D eigenvalue weighted by Gasteiger charge is 2.31. The predicted molar refractivity (Wildman–Crippen MR) is 118 cm³/mol. The van der Waals surface area contributed by atoms with E-state index in [2.05, 4.69) is 35.0 Å². The second-order valence-electron chi connectivity index (χ2n) is 7.61. The van der Waals surface area contributed by atoms with Crippen LogP contribution in [-0.4, -0.2) is 44.2 Å². The highest BCUT2D eigenvalue weighted by Crippen LogP contribution is 2.33. The first-order valence-electron chi connectivity index (χ1n) is 9.98. The van der Waals surface area contributed by atoms with Crippen LogP contribution in [0.15, 0.2) is 18.2 Å². The summed E-state index contributed by atoms with van der Waals surface area (Å²) in [6, 6.07) is 5.12. The molecule has 3 N–H and O–H groups in total. The number of amides is 1. The van der Waals surface area contributed by atoms with Crippen LogP contribution in [0, 0.1) is 5.92 Å². The molecule has 0 aliphatic carbocycles. The zero-order valence-corrected chi connectivity index (χ0v) is 19.1. The molecule has 1 aliphatic heterocycles. The van der Waals surface area contributed by atoms with Gasteiger partial charge in [0.15, 0.2) is 22.3 Å². The number of ether oxygens (including phenoxy) is 3. The quantitative estimate of drug-likeness (QED) is 0.529. The standard InChI is InChI=1S/C21H28N4O5S/c1-11(2)8-17-18(20(27)30-5)22-21(31-17)23-19(26)14-10-13(24-25-14)12-6-7-15(28-3)16(9-12)29-4/h6-7,9,11,13-14,24-25H,8,10H2,1-5H3,(H,22,23,26). The number of carbonyl (C=O) groups is 2. The van der Waals surface area contributed by atoms with Gasteiger partial charge in [0.2, 0.25) is 5.91 Å². The summed E-state index contributed by atoms with van der Waals surface area (Å²) < 4.78 is 15.5. The third-order valence-corrected chi connectivity index (χ3v) is 5.92. The topological polar surface area (TPSA) is 111 Å². The number of thiazole rings is 1. The van der Waals surface area contributed by atoms with E-state index in [4.69, 9.17) is 14.2 Å². The first kappa shape index (κ1) is 23.0. The average molecular weight is 449 g/mol. The third kappa shape index (κ3) is 5.33. The van der Waals surface area contributed by atoms with Crippen LogP contribution >= 0.6 is 11.3 Å². The van der Waals surface area contributed by atoms with Crippen LogP contribution in [0.2, 0.25) is 0 Å². The predicted octanol–water partition coefficient (Wildman–Crippen LogP) is 2.69. The van der Waals surface area contributed by atoms with Gasteiger partial charge < -0.3 is 19.5 Å². The fraction of sp³-hybridized carbons (Fsp3) is 0.476.